The molecule has 0 N–H and O–H groups in total. The van der Waals surface area contributed by atoms with Crippen LogP contribution in [0.5, 0.6) is 0 Å². The van der Waals surface area contributed by atoms with Crippen LogP contribution in [0.3, 0.4) is 0 Å². The van der Waals surface area contributed by atoms with E-state index in [1.807, 2.05) is 19.1 Å². The van der Waals surface area contributed by atoms with Crippen molar-refractivity contribution in [3.8, 4) is 0 Å². The Balaban J connectivity index is -0.000000626. The zero-order valence-electron chi connectivity index (χ0n) is 14.6. The van der Waals surface area contributed by atoms with E-state index in [-0.39, 0.29) is 40.4 Å². The fourth-order valence-electron chi connectivity index (χ4n) is 2.68. The van der Waals surface area contributed by atoms with Crippen LogP contribution >= 0.6 is 0 Å². The average Bonchev–Trinajstić information content (AvgIpc) is 2.71. The monoisotopic (exact) mass is 396 g/mol. The standard InChI is InChI=1S/C15H20O2Si.3CO.Cr/c1-10-9-13(18(2,3)4)15(17)12-8-6-5-7-11(12)14(10)16;3*1-2;/h5-8,10,13H,9H2,1-4H3;;;;. The van der Waals surface area contributed by atoms with Crippen LogP contribution in [0.25, 0.3) is 0 Å². The maximum atomic E-state index is 12.7. The van der Waals surface area contributed by atoms with Crippen molar-refractivity contribution in [1.29, 1.82) is 0 Å². The molecule has 0 aromatic heterocycles. The molecule has 5 nitrogen and oxygen atoms in total. The third-order valence-electron chi connectivity index (χ3n) is 3.86. The molecule has 1 aliphatic carbocycles. The molecule has 2 atom stereocenters. The van der Waals surface area contributed by atoms with Crippen LogP contribution in [0.15, 0.2) is 24.3 Å². The summed E-state index contributed by atoms with van der Waals surface area (Å²) in [5, 5.41) is 0. The summed E-state index contributed by atoms with van der Waals surface area (Å²) in [5.41, 5.74) is 1.31. The summed E-state index contributed by atoms with van der Waals surface area (Å²) in [6.07, 6.45) is 0.710. The maximum absolute atomic E-state index is 12.7. The Morgan fingerprint density at radius 1 is 0.880 bits per heavy atom. The van der Waals surface area contributed by atoms with Crippen LogP contribution in [0, 0.1) is 25.9 Å². The van der Waals surface area contributed by atoms with Gasteiger partial charge in [-0.2, -0.15) is 0 Å². The number of carbonyl (C=O) groups is 2. The van der Waals surface area contributed by atoms with Gasteiger partial charge in [0.15, 0.2) is 11.6 Å². The van der Waals surface area contributed by atoms with Crippen molar-refractivity contribution in [3.63, 3.8) is 0 Å². The molecule has 1 aromatic carbocycles. The summed E-state index contributed by atoms with van der Waals surface area (Å²) in [6.45, 7) is 22.1. The second kappa shape index (κ2) is 13.8. The minimum absolute atomic E-state index is 0. The summed E-state index contributed by atoms with van der Waals surface area (Å²) < 4.78 is 22.5. The van der Waals surface area contributed by atoms with Gasteiger partial charge in [-0.15, -0.1) is 0 Å². The Labute approximate surface area is 160 Å². The van der Waals surface area contributed by atoms with Crippen molar-refractivity contribution in [3.05, 3.63) is 55.3 Å². The molecule has 0 amide bonds. The molecule has 0 heterocycles. The SMILES string of the molecule is CC1CC([Si](C)(C)C)C(=O)c2ccccc2C1=O.[C-]#[O+].[C-]#[O+].[C-]#[O+].[Cr]. The minimum atomic E-state index is -1.59. The van der Waals surface area contributed by atoms with E-state index in [1.165, 1.54) is 0 Å². The molecule has 7 heteroatoms. The van der Waals surface area contributed by atoms with Gasteiger partial charge in [0.1, 0.15) is 0 Å². The van der Waals surface area contributed by atoms with Crippen LogP contribution in [0.1, 0.15) is 34.1 Å². The normalized spacial score (nSPS) is 18.0. The topological polar surface area (TPSA) is 93.8 Å². The van der Waals surface area contributed by atoms with Gasteiger partial charge in [0, 0.05) is 39.9 Å². The third kappa shape index (κ3) is 7.52. The van der Waals surface area contributed by atoms with Crippen LogP contribution in [-0.4, -0.2) is 19.6 Å². The van der Waals surface area contributed by atoms with E-state index in [2.05, 4.69) is 39.6 Å². The largest absolute Gasteiger partial charge is 0 e. The fourth-order valence-corrected chi connectivity index (χ4v) is 4.68. The van der Waals surface area contributed by atoms with Gasteiger partial charge in [-0.1, -0.05) is 50.8 Å². The summed E-state index contributed by atoms with van der Waals surface area (Å²) >= 11 is 0. The van der Waals surface area contributed by atoms with Crippen molar-refractivity contribution in [1.82, 2.24) is 0 Å². The Hall–Kier alpha value is -1.47. The summed E-state index contributed by atoms with van der Waals surface area (Å²) in [7, 11) is -1.59. The van der Waals surface area contributed by atoms with Gasteiger partial charge in [-0.25, -0.2) is 0 Å². The molecule has 1 aliphatic rings. The first-order valence-electron chi connectivity index (χ1n) is 7.11. The van der Waals surface area contributed by atoms with Crippen molar-refractivity contribution >= 4 is 19.6 Å². The van der Waals surface area contributed by atoms with Gasteiger partial charge in [0.05, 0.1) is 8.07 Å². The number of fused-ring (bicyclic) bond motifs is 1. The molecule has 0 bridgehead atoms. The molecule has 0 saturated carbocycles. The van der Waals surface area contributed by atoms with E-state index in [1.54, 1.807) is 12.1 Å². The van der Waals surface area contributed by atoms with E-state index in [4.69, 9.17) is 14.0 Å². The van der Waals surface area contributed by atoms with Crippen molar-refractivity contribution in [2.45, 2.75) is 38.5 Å². The van der Waals surface area contributed by atoms with Gasteiger partial charge in [0.2, 0.25) is 0 Å². The molecule has 0 radical (unpaired) electrons. The third-order valence-corrected chi connectivity index (χ3v) is 6.45. The van der Waals surface area contributed by atoms with E-state index < -0.39 is 8.07 Å². The molecule has 2 rings (SSSR count). The van der Waals surface area contributed by atoms with Gasteiger partial charge in [0.25, 0.3) is 0 Å². The van der Waals surface area contributed by atoms with Gasteiger partial charge < -0.3 is 0 Å². The van der Waals surface area contributed by atoms with E-state index in [0.717, 1.165) is 0 Å². The molecule has 1 aromatic rings. The smallest absolute Gasteiger partial charge is 0 e. The maximum Gasteiger partial charge on any atom is 0 e. The van der Waals surface area contributed by atoms with E-state index in [9.17, 15) is 9.59 Å². The van der Waals surface area contributed by atoms with Crippen LogP contribution < -0.4 is 0 Å². The molecular weight excluding hydrogens is 376 g/mol. The van der Waals surface area contributed by atoms with Crippen molar-refractivity contribution in [2.24, 2.45) is 5.92 Å². The molecule has 0 spiro atoms. The summed E-state index contributed by atoms with van der Waals surface area (Å²) in [6, 6.07) is 7.28. The van der Waals surface area contributed by atoms with Gasteiger partial charge in [-0.3, -0.25) is 9.59 Å². The predicted molar refractivity (Wildman–Crippen MR) is 87.8 cm³/mol. The Bertz CT molecular complexity index is 614. The summed E-state index contributed by atoms with van der Waals surface area (Å²) in [5.74, 6) is 0.261. The molecule has 0 fully saturated rings. The molecule has 25 heavy (non-hydrogen) atoms. The van der Waals surface area contributed by atoms with Crippen LogP contribution in [-0.2, 0) is 31.3 Å². The molecule has 0 aliphatic heterocycles. The number of ketones is 2. The molecule has 132 valence electrons. The van der Waals surface area contributed by atoms with Gasteiger partial charge >= 0.3 is 33.9 Å². The second-order valence-corrected chi connectivity index (χ2v) is 11.8. The Morgan fingerprint density at radius 3 is 1.60 bits per heavy atom. The van der Waals surface area contributed by atoms with Gasteiger partial charge in [-0.05, 0) is 6.42 Å². The number of benzene rings is 1. The molecule has 2 unspecified atom stereocenters. The first-order valence-corrected chi connectivity index (χ1v) is 10.7. The number of rotatable bonds is 1. The van der Waals surface area contributed by atoms with Crippen molar-refractivity contribution < 1.29 is 40.9 Å². The molecular formula is C18H20CrO5Si. The van der Waals surface area contributed by atoms with Crippen LogP contribution in [0.2, 0.25) is 25.2 Å². The fraction of sp³-hybridized carbons (Fsp3) is 0.389. The Morgan fingerprint density at radius 2 is 1.24 bits per heavy atom. The predicted octanol–water partition coefficient (Wildman–Crippen LogP) is 3.69. The first kappa shape index (κ1) is 28.3. The number of hydrogen-bond acceptors (Lipinski definition) is 2. The quantitative estimate of drug-likeness (QED) is 0.313. The number of hydrogen-bond donors (Lipinski definition) is 0. The second-order valence-electron chi connectivity index (χ2n) is 6.33. The molecule has 0 saturated heterocycles. The average molecular weight is 396 g/mol. The van der Waals surface area contributed by atoms with E-state index >= 15 is 0 Å². The van der Waals surface area contributed by atoms with Crippen molar-refractivity contribution in [2.75, 3.05) is 0 Å². The minimum Gasteiger partial charge on any atom is 0 e. The zero-order chi connectivity index (χ0) is 19.5. The zero-order valence-corrected chi connectivity index (χ0v) is 16.9. The van der Waals surface area contributed by atoms with Crippen LogP contribution in [0.4, 0.5) is 0 Å². The van der Waals surface area contributed by atoms with E-state index in [0.29, 0.717) is 17.5 Å². The Kier molecular flexibility index (Phi) is 15.6. The number of carbonyl (C=O) groups excluding carboxylic acids is 2. The summed E-state index contributed by atoms with van der Waals surface area (Å²) in [4.78, 5) is 25.0. The first-order chi connectivity index (χ1) is 11.3. The number of Topliss-reactive ketones (excluding diaryl/α,β-unsaturated/α-hetero) is 2.